The van der Waals surface area contributed by atoms with Crippen LogP contribution in [0.25, 0.3) is 0 Å². The third-order valence-corrected chi connectivity index (χ3v) is 3.24. The summed E-state index contributed by atoms with van der Waals surface area (Å²) in [5.41, 5.74) is -0.477. The van der Waals surface area contributed by atoms with Gasteiger partial charge in [0.05, 0.1) is 5.92 Å². The van der Waals surface area contributed by atoms with Crippen LogP contribution in [0.15, 0.2) is 0 Å². The largest absolute Gasteiger partial charge is 0.444 e. The Balaban J connectivity index is 1.80. The van der Waals surface area contributed by atoms with E-state index in [0.29, 0.717) is 6.04 Å². The molecule has 2 rings (SSSR count). The van der Waals surface area contributed by atoms with E-state index in [2.05, 4.69) is 10.6 Å². The summed E-state index contributed by atoms with van der Waals surface area (Å²) in [5.74, 6) is 0.203. The maximum Gasteiger partial charge on any atom is 0.407 e. The second-order valence-electron chi connectivity index (χ2n) is 5.88. The molecular weight excluding hydrogens is 220 g/mol. The highest BCUT2D eigenvalue weighted by atomic mass is 16.6. The van der Waals surface area contributed by atoms with Gasteiger partial charge in [0.1, 0.15) is 5.60 Å². The molecule has 1 aliphatic heterocycles. The lowest BCUT2D eigenvalue weighted by Crippen LogP contribution is -2.62. The fourth-order valence-electron chi connectivity index (χ4n) is 2.43. The average molecular weight is 240 g/mol. The van der Waals surface area contributed by atoms with Crippen molar-refractivity contribution in [2.45, 2.75) is 57.7 Å². The molecule has 17 heavy (non-hydrogen) atoms. The quantitative estimate of drug-likeness (QED) is 0.676. The molecule has 5 heteroatoms. The van der Waals surface area contributed by atoms with Crippen molar-refractivity contribution < 1.29 is 14.3 Å². The van der Waals surface area contributed by atoms with E-state index in [1.54, 1.807) is 0 Å². The van der Waals surface area contributed by atoms with E-state index in [9.17, 15) is 9.59 Å². The molecule has 1 saturated heterocycles. The second-order valence-corrected chi connectivity index (χ2v) is 5.88. The number of carbonyl (C=O) groups is 2. The molecule has 1 heterocycles. The van der Waals surface area contributed by atoms with E-state index in [-0.39, 0.29) is 24.0 Å². The zero-order valence-corrected chi connectivity index (χ0v) is 10.6. The van der Waals surface area contributed by atoms with E-state index in [4.69, 9.17) is 4.74 Å². The molecule has 0 bridgehead atoms. The fourth-order valence-corrected chi connectivity index (χ4v) is 2.43. The van der Waals surface area contributed by atoms with E-state index >= 15 is 0 Å². The fraction of sp³-hybridized carbons (Fsp3) is 0.833. The van der Waals surface area contributed by atoms with Gasteiger partial charge >= 0.3 is 6.09 Å². The summed E-state index contributed by atoms with van der Waals surface area (Å²) in [6.07, 6.45) is 2.19. The highest BCUT2D eigenvalue weighted by Gasteiger charge is 2.43. The summed E-state index contributed by atoms with van der Waals surface area (Å²) in [6.45, 7) is 5.51. The van der Waals surface area contributed by atoms with Crippen molar-refractivity contribution in [1.29, 1.82) is 0 Å². The SMILES string of the molecule is CC(C)(C)OC(=O)N[C@H]1CC[C@@H]2NC(=O)[C@@H]2C1. The molecular formula is C12H20N2O3. The van der Waals surface area contributed by atoms with Gasteiger partial charge in [0, 0.05) is 12.1 Å². The predicted octanol–water partition coefficient (Wildman–Crippen LogP) is 1.18. The number of rotatable bonds is 1. The molecule has 1 aliphatic carbocycles. The van der Waals surface area contributed by atoms with Gasteiger partial charge in [-0.2, -0.15) is 0 Å². The van der Waals surface area contributed by atoms with Gasteiger partial charge in [-0.15, -0.1) is 0 Å². The molecule has 3 atom stereocenters. The standard InChI is InChI=1S/C12H20N2O3/c1-12(2,3)17-11(16)13-7-4-5-9-8(6-7)10(15)14-9/h7-9H,4-6H2,1-3H3,(H,13,16)(H,14,15)/t7-,8+,9-/m0/s1. The number of fused-ring (bicyclic) bond motifs is 1. The number of hydrogen-bond donors (Lipinski definition) is 2. The van der Waals surface area contributed by atoms with Crippen LogP contribution in [0.3, 0.4) is 0 Å². The van der Waals surface area contributed by atoms with Crippen LogP contribution in [0.1, 0.15) is 40.0 Å². The van der Waals surface area contributed by atoms with E-state index < -0.39 is 5.60 Å². The molecule has 1 saturated carbocycles. The van der Waals surface area contributed by atoms with Crippen LogP contribution >= 0.6 is 0 Å². The van der Waals surface area contributed by atoms with Gasteiger partial charge in [-0.05, 0) is 40.0 Å². The minimum absolute atomic E-state index is 0.0668. The molecule has 2 aliphatic rings. The van der Waals surface area contributed by atoms with Crippen LogP contribution in [0.2, 0.25) is 0 Å². The summed E-state index contributed by atoms with van der Waals surface area (Å²) in [7, 11) is 0. The van der Waals surface area contributed by atoms with Crippen molar-refractivity contribution in [2.75, 3.05) is 0 Å². The van der Waals surface area contributed by atoms with E-state index in [1.165, 1.54) is 0 Å². The molecule has 5 nitrogen and oxygen atoms in total. The zero-order chi connectivity index (χ0) is 12.6. The topological polar surface area (TPSA) is 67.4 Å². The van der Waals surface area contributed by atoms with Gasteiger partial charge in [-0.1, -0.05) is 0 Å². The number of nitrogens with one attached hydrogen (secondary N) is 2. The Kier molecular flexibility index (Phi) is 3.02. The molecule has 0 radical (unpaired) electrons. The first-order valence-corrected chi connectivity index (χ1v) is 6.15. The number of amides is 2. The summed E-state index contributed by atoms with van der Waals surface area (Å²) >= 11 is 0. The number of β-lactam (4-membered cyclic amide) rings is 1. The average Bonchev–Trinajstić information content (AvgIpc) is 2.16. The molecule has 0 aromatic carbocycles. The zero-order valence-electron chi connectivity index (χ0n) is 10.6. The second kappa shape index (κ2) is 4.20. The summed E-state index contributed by atoms with van der Waals surface area (Å²) in [6, 6.07) is 0.399. The lowest BCUT2D eigenvalue weighted by atomic mass is 9.76. The lowest BCUT2D eigenvalue weighted by molar-refractivity contribution is -0.137. The van der Waals surface area contributed by atoms with Crippen molar-refractivity contribution in [3.8, 4) is 0 Å². The Morgan fingerprint density at radius 2 is 2.12 bits per heavy atom. The van der Waals surface area contributed by atoms with Gasteiger partial charge in [-0.25, -0.2) is 4.79 Å². The number of alkyl carbamates (subject to hydrolysis) is 1. The Bertz CT molecular complexity index is 335. The van der Waals surface area contributed by atoms with E-state index in [0.717, 1.165) is 19.3 Å². The van der Waals surface area contributed by atoms with Crippen molar-refractivity contribution >= 4 is 12.0 Å². The number of hydrogen-bond acceptors (Lipinski definition) is 3. The van der Waals surface area contributed by atoms with E-state index in [1.807, 2.05) is 20.8 Å². The molecule has 0 aromatic rings. The normalized spacial score (nSPS) is 31.9. The Morgan fingerprint density at radius 1 is 1.41 bits per heavy atom. The summed E-state index contributed by atoms with van der Waals surface area (Å²) < 4.78 is 5.20. The molecule has 0 spiro atoms. The highest BCUT2D eigenvalue weighted by Crippen LogP contribution is 2.31. The van der Waals surface area contributed by atoms with Crippen LogP contribution in [0.5, 0.6) is 0 Å². The van der Waals surface area contributed by atoms with Gasteiger partial charge in [0.15, 0.2) is 0 Å². The lowest BCUT2D eigenvalue weighted by Gasteiger charge is -2.43. The smallest absolute Gasteiger partial charge is 0.407 e. The molecule has 96 valence electrons. The Morgan fingerprint density at radius 3 is 2.71 bits per heavy atom. The van der Waals surface area contributed by atoms with Crippen LogP contribution in [0.4, 0.5) is 4.79 Å². The van der Waals surface area contributed by atoms with Gasteiger partial charge < -0.3 is 15.4 Å². The summed E-state index contributed by atoms with van der Waals surface area (Å²) in [5, 5.41) is 5.71. The maximum absolute atomic E-state index is 11.6. The first kappa shape index (κ1) is 12.2. The monoisotopic (exact) mass is 240 g/mol. The van der Waals surface area contributed by atoms with Gasteiger partial charge in [-0.3, -0.25) is 4.79 Å². The molecule has 0 aromatic heterocycles. The third kappa shape index (κ3) is 2.90. The van der Waals surface area contributed by atoms with Crippen LogP contribution in [-0.2, 0) is 9.53 Å². The number of ether oxygens (including phenoxy) is 1. The Labute approximate surface area is 101 Å². The first-order valence-electron chi connectivity index (χ1n) is 6.15. The highest BCUT2D eigenvalue weighted by molar-refractivity contribution is 5.86. The minimum atomic E-state index is -0.477. The third-order valence-electron chi connectivity index (χ3n) is 3.24. The molecule has 2 N–H and O–H groups in total. The summed E-state index contributed by atoms with van der Waals surface area (Å²) in [4.78, 5) is 22.9. The van der Waals surface area contributed by atoms with Gasteiger partial charge in [0.25, 0.3) is 0 Å². The first-order chi connectivity index (χ1) is 7.85. The maximum atomic E-state index is 11.6. The molecule has 2 amide bonds. The van der Waals surface area contributed by atoms with Crippen LogP contribution in [-0.4, -0.2) is 29.7 Å². The van der Waals surface area contributed by atoms with Gasteiger partial charge in [0.2, 0.25) is 5.91 Å². The van der Waals surface area contributed by atoms with Crippen LogP contribution < -0.4 is 10.6 Å². The molecule has 2 fully saturated rings. The predicted molar refractivity (Wildman–Crippen MR) is 62.4 cm³/mol. The van der Waals surface area contributed by atoms with Crippen molar-refractivity contribution in [2.24, 2.45) is 5.92 Å². The minimum Gasteiger partial charge on any atom is -0.444 e. The molecule has 0 unspecified atom stereocenters. The Hall–Kier alpha value is -1.26. The van der Waals surface area contributed by atoms with Crippen molar-refractivity contribution in [3.05, 3.63) is 0 Å². The number of carbonyl (C=O) groups excluding carboxylic acids is 2. The van der Waals surface area contributed by atoms with Crippen LogP contribution in [0, 0.1) is 5.92 Å². The van der Waals surface area contributed by atoms with Crippen molar-refractivity contribution in [3.63, 3.8) is 0 Å². The van der Waals surface area contributed by atoms with Crippen molar-refractivity contribution in [1.82, 2.24) is 10.6 Å².